The summed E-state index contributed by atoms with van der Waals surface area (Å²) in [6.45, 7) is 0. The van der Waals surface area contributed by atoms with Crippen LogP contribution in [0.1, 0.15) is 0 Å². The molecule has 0 radical (unpaired) electrons. The number of amides is 2. The zero-order valence-electron chi connectivity index (χ0n) is 9.95. The Morgan fingerprint density at radius 2 is 1.55 bits per heavy atom. The van der Waals surface area contributed by atoms with Crippen molar-refractivity contribution in [2.75, 3.05) is 10.6 Å². The number of benzene rings is 2. The monoisotopic (exact) mass is 330 g/mol. The first-order chi connectivity index (χ1) is 9.47. The van der Waals surface area contributed by atoms with Crippen LogP contribution in [0.4, 0.5) is 16.2 Å². The molecule has 4 nitrogen and oxygen atoms in total. The Labute approximate surface area is 130 Å². The van der Waals surface area contributed by atoms with Gasteiger partial charge < -0.3 is 15.7 Å². The summed E-state index contributed by atoms with van der Waals surface area (Å²) in [5, 5.41) is 15.1. The van der Waals surface area contributed by atoms with Crippen LogP contribution in [0, 0.1) is 0 Å². The molecule has 0 saturated heterocycles. The molecule has 0 saturated carbocycles. The predicted molar refractivity (Wildman–Crippen MR) is 82.2 cm³/mol. The summed E-state index contributed by atoms with van der Waals surface area (Å²) in [5.41, 5.74) is 0.824. The zero-order valence-corrected chi connectivity index (χ0v) is 12.2. The summed E-state index contributed by atoms with van der Waals surface area (Å²) in [5.74, 6) is -0.231. The summed E-state index contributed by atoms with van der Waals surface area (Å²) >= 11 is 17.4. The molecule has 2 amide bonds. The summed E-state index contributed by atoms with van der Waals surface area (Å²) < 4.78 is 0. The molecule has 0 spiro atoms. The molecule has 2 rings (SSSR count). The topological polar surface area (TPSA) is 61.4 Å². The first-order valence-electron chi connectivity index (χ1n) is 5.48. The Balaban J connectivity index is 2.11. The number of halogens is 3. The first-order valence-corrected chi connectivity index (χ1v) is 6.61. The number of hydrogen-bond acceptors (Lipinski definition) is 2. The second kappa shape index (κ2) is 6.22. The number of phenols is 1. The van der Waals surface area contributed by atoms with E-state index >= 15 is 0 Å². The van der Waals surface area contributed by atoms with Gasteiger partial charge in [-0.15, -0.1) is 0 Å². The van der Waals surface area contributed by atoms with Crippen LogP contribution < -0.4 is 10.6 Å². The number of phenolic OH excluding ortho intramolecular Hbond substituents is 1. The molecule has 0 fully saturated rings. The van der Waals surface area contributed by atoms with E-state index in [0.717, 1.165) is 0 Å². The van der Waals surface area contributed by atoms with Crippen molar-refractivity contribution in [1.29, 1.82) is 0 Å². The van der Waals surface area contributed by atoms with Gasteiger partial charge in [0.2, 0.25) is 0 Å². The number of hydrogen-bond donors (Lipinski definition) is 3. The molecule has 20 heavy (non-hydrogen) atoms. The third kappa shape index (κ3) is 3.48. The second-order valence-electron chi connectivity index (χ2n) is 3.85. The van der Waals surface area contributed by atoms with E-state index in [1.54, 1.807) is 24.3 Å². The number of rotatable bonds is 2. The van der Waals surface area contributed by atoms with Gasteiger partial charge in [0.25, 0.3) is 0 Å². The van der Waals surface area contributed by atoms with Gasteiger partial charge in [-0.3, -0.25) is 0 Å². The molecule has 0 heterocycles. The van der Waals surface area contributed by atoms with Crippen LogP contribution in [0.5, 0.6) is 5.75 Å². The Hall–Kier alpha value is -1.62. The van der Waals surface area contributed by atoms with E-state index < -0.39 is 6.03 Å². The van der Waals surface area contributed by atoms with Crippen LogP contribution in [0.3, 0.4) is 0 Å². The van der Waals surface area contributed by atoms with Gasteiger partial charge in [-0.05, 0) is 24.3 Å². The molecular weight excluding hydrogens is 323 g/mol. The molecule has 2 aromatic rings. The van der Waals surface area contributed by atoms with Crippen LogP contribution in [0.2, 0.25) is 15.1 Å². The van der Waals surface area contributed by atoms with E-state index in [-0.39, 0.29) is 15.8 Å². The highest BCUT2D eigenvalue weighted by molar-refractivity contribution is 6.37. The van der Waals surface area contributed by atoms with E-state index in [1.165, 1.54) is 12.1 Å². The normalized spacial score (nSPS) is 10.2. The highest BCUT2D eigenvalue weighted by Gasteiger charge is 2.10. The third-order valence-corrected chi connectivity index (χ3v) is 3.30. The maximum Gasteiger partial charge on any atom is 0.323 e. The average Bonchev–Trinajstić information content (AvgIpc) is 2.38. The van der Waals surface area contributed by atoms with Crippen molar-refractivity contribution in [3.8, 4) is 5.75 Å². The lowest BCUT2D eigenvalue weighted by Gasteiger charge is -2.10. The van der Waals surface area contributed by atoms with Crippen molar-refractivity contribution in [3.05, 3.63) is 51.5 Å². The van der Waals surface area contributed by atoms with Gasteiger partial charge in [-0.25, -0.2) is 4.79 Å². The molecule has 0 bridgehead atoms. The third-order valence-electron chi connectivity index (χ3n) is 2.40. The maximum absolute atomic E-state index is 11.8. The van der Waals surface area contributed by atoms with Gasteiger partial charge in [0, 0.05) is 5.69 Å². The van der Waals surface area contributed by atoms with Crippen LogP contribution >= 0.6 is 34.8 Å². The highest BCUT2D eigenvalue weighted by Crippen LogP contribution is 2.34. The average molecular weight is 332 g/mol. The number of urea groups is 1. The van der Waals surface area contributed by atoms with Gasteiger partial charge in [-0.1, -0.05) is 46.9 Å². The van der Waals surface area contributed by atoms with Crippen LogP contribution in [0.15, 0.2) is 36.4 Å². The molecule has 0 aliphatic heterocycles. The number of carbonyl (C=O) groups is 1. The zero-order chi connectivity index (χ0) is 14.7. The van der Waals surface area contributed by atoms with Crippen molar-refractivity contribution in [2.45, 2.75) is 0 Å². The number of carbonyl (C=O) groups excluding carboxylic acids is 1. The lowest BCUT2D eigenvalue weighted by molar-refractivity contribution is 0.262. The Morgan fingerprint density at radius 3 is 2.15 bits per heavy atom. The van der Waals surface area contributed by atoms with Crippen molar-refractivity contribution < 1.29 is 9.90 Å². The van der Waals surface area contributed by atoms with Crippen molar-refractivity contribution >= 4 is 52.2 Å². The Morgan fingerprint density at radius 1 is 0.950 bits per heavy atom. The van der Waals surface area contributed by atoms with Crippen LogP contribution in [-0.4, -0.2) is 11.1 Å². The fourth-order valence-electron chi connectivity index (χ4n) is 1.48. The fourth-order valence-corrected chi connectivity index (χ4v) is 2.15. The lowest BCUT2D eigenvalue weighted by atomic mass is 10.3. The Kier molecular flexibility index (Phi) is 4.60. The predicted octanol–water partition coefficient (Wildman–Crippen LogP) is 5.00. The minimum absolute atomic E-state index is 0.0468. The molecule has 2 aromatic carbocycles. The van der Waals surface area contributed by atoms with Crippen molar-refractivity contribution in [1.82, 2.24) is 0 Å². The summed E-state index contributed by atoms with van der Waals surface area (Å²) in [6, 6.07) is 9.09. The molecule has 0 unspecified atom stereocenters. The number of aromatic hydroxyl groups is 1. The smallest absolute Gasteiger partial charge is 0.323 e. The van der Waals surface area contributed by atoms with Crippen molar-refractivity contribution in [2.24, 2.45) is 0 Å². The molecule has 0 atom stereocenters. The van der Waals surface area contributed by atoms with Gasteiger partial charge in [0.1, 0.15) is 0 Å². The van der Waals surface area contributed by atoms with E-state index in [2.05, 4.69) is 10.6 Å². The molecule has 0 aliphatic carbocycles. The minimum Gasteiger partial charge on any atom is -0.505 e. The maximum atomic E-state index is 11.8. The molecule has 7 heteroatoms. The molecule has 0 aliphatic rings. The number of nitrogens with one attached hydrogen (secondary N) is 2. The lowest BCUT2D eigenvalue weighted by Crippen LogP contribution is -2.19. The number of para-hydroxylation sites is 1. The standard InChI is InChI=1S/C13H9Cl3N2O2/c14-8-3-1-2-4-11(8)18-13(20)17-7-5-9(15)12(19)10(16)6-7/h1-6,19H,(H2,17,18,20). The largest absolute Gasteiger partial charge is 0.505 e. The SMILES string of the molecule is O=C(Nc1cc(Cl)c(O)c(Cl)c1)Nc1ccccc1Cl. The molecular formula is C13H9Cl3N2O2. The minimum atomic E-state index is -0.504. The Bertz CT molecular complexity index is 639. The van der Waals surface area contributed by atoms with Crippen LogP contribution in [0.25, 0.3) is 0 Å². The molecule has 3 N–H and O–H groups in total. The summed E-state index contributed by atoms with van der Waals surface area (Å²) in [4.78, 5) is 11.8. The van der Waals surface area contributed by atoms with Gasteiger partial charge >= 0.3 is 6.03 Å². The van der Waals surface area contributed by atoms with E-state index in [1.807, 2.05) is 0 Å². The molecule has 104 valence electrons. The van der Waals surface area contributed by atoms with Crippen LogP contribution in [-0.2, 0) is 0 Å². The summed E-state index contributed by atoms with van der Waals surface area (Å²) in [7, 11) is 0. The highest BCUT2D eigenvalue weighted by atomic mass is 35.5. The summed E-state index contributed by atoms with van der Waals surface area (Å²) in [6.07, 6.45) is 0. The molecule has 0 aromatic heterocycles. The van der Waals surface area contributed by atoms with E-state index in [0.29, 0.717) is 16.4 Å². The van der Waals surface area contributed by atoms with E-state index in [9.17, 15) is 9.90 Å². The quantitative estimate of drug-likeness (QED) is 0.678. The van der Waals surface area contributed by atoms with Gasteiger partial charge in [0.15, 0.2) is 5.75 Å². The number of anilines is 2. The van der Waals surface area contributed by atoms with Crippen molar-refractivity contribution in [3.63, 3.8) is 0 Å². The fraction of sp³-hybridized carbons (Fsp3) is 0. The van der Waals surface area contributed by atoms with Gasteiger partial charge in [-0.2, -0.15) is 0 Å². The van der Waals surface area contributed by atoms with E-state index in [4.69, 9.17) is 34.8 Å². The second-order valence-corrected chi connectivity index (χ2v) is 5.07. The first kappa shape index (κ1) is 14.8. The van der Waals surface area contributed by atoms with Gasteiger partial charge in [0.05, 0.1) is 20.8 Å².